The lowest BCUT2D eigenvalue weighted by Gasteiger charge is -2.33. The minimum atomic E-state index is 0.200. The molecule has 1 unspecified atom stereocenters. The lowest BCUT2D eigenvalue weighted by molar-refractivity contribution is -0.130. The Morgan fingerprint density at radius 3 is 2.63 bits per heavy atom. The molecule has 0 aliphatic carbocycles. The lowest BCUT2D eigenvalue weighted by Crippen LogP contribution is -2.47. The van der Waals surface area contributed by atoms with Crippen LogP contribution in [0.2, 0.25) is 0 Å². The van der Waals surface area contributed by atoms with Crippen molar-refractivity contribution in [1.29, 1.82) is 0 Å². The number of amides is 1. The van der Waals surface area contributed by atoms with E-state index in [1.807, 2.05) is 14.1 Å². The summed E-state index contributed by atoms with van der Waals surface area (Å²) >= 11 is 0. The average molecular weight is 269 g/mol. The van der Waals surface area contributed by atoms with Gasteiger partial charge in [0.25, 0.3) is 0 Å². The predicted molar refractivity (Wildman–Crippen MR) is 75.1 cm³/mol. The van der Waals surface area contributed by atoms with E-state index >= 15 is 0 Å². The summed E-state index contributed by atoms with van der Waals surface area (Å²) in [5.74, 6) is 0.200. The first-order valence-electron chi connectivity index (χ1n) is 7.42. The summed E-state index contributed by atoms with van der Waals surface area (Å²) in [6.45, 7) is 4.51. The SMILES string of the molecule is CN(C)C(=O)CN1CCC(NCC2CCCO2)CC1. The van der Waals surface area contributed by atoms with Gasteiger partial charge in [0.1, 0.15) is 0 Å². The predicted octanol–water partition coefficient (Wildman–Crippen LogP) is 0.308. The second-order valence-electron chi connectivity index (χ2n) is 5.88. The van der Waals surface area contributed by atoms with Crippen molar-refractivity contribution < 1.29 is 9.53 Å². The Hall–Kier alpha value is -0.650. The molecule has 2 fully saturated rings. The summed E-state index contributed by atoms with van der Waals surface area (Å²) in [7, 11) is 3.64. The third kappa shape index (κ3) is 4.75. The Balaban J connectivity index is 1.60. The quantitative estimate of drug-likeness (QED) is 0.780. The topological polar surface area (TPSA) is 44.8 Å². The van der Waals surface area contributed by atoms with Crippen LogP contribution in [0.25, 0.3) is 0 Å². The number of nitrogens with one attached hydrogen (secondary N) is 1. The summed E-state index contributed by atoms with van der Waals surface area (Å²) < 4.78 is 5.62. The molecular formula is C14H27N3O2. The number of nitrogens with zero attached hydrogens (tertiary/aromatic N) is 2. The molecule has 2 aliphatic rings. The van der Waals surface area contributed by atoms with Gasteiger partial charge in [0, 0.05) is 46.4 Å². The zero-order valence-corrected chi connectivity index (χ0v) is 12.2. The molecule has 19 heavy (non-hydrogen) atoms. The van der Waals surface area contributed by atoms with E-state index in [1.54, 1.807) is 4.90 Å². The zero-order valence-electron chi connectivity index (χ0n) is 12.2. The van der Waals surface area contributed by atoms with Crippen LogP contribution in [0.3, 0.4) is 0 Å². The van der Waals surface area contributed by atoms with Crippen molar-refractivity contribution in [2.24, 2.45) is 0 Å². The fraction of sp³-hybridized carbons (Fsp3) is 0.929. The average Bonchev–Trinajstić information content (AvgIpc) is 2.91. The van der Waals surface area contributed by atoms with Crippen LogP contribution in [-0.2, 0) is 9.53 Å². The fourth-order valence-electron chi connectivity index (χ4n) is 2.73. The number of piperidine rings is 1. The Morgan fingerprint density at radius 2 is 2.05 bits per heavy atom. The van der Waals surface area contributed by atoms with E-state index in [4.69, 9.17) is 4.74 Å². The second-order valence-corrected chi connectivity index (χ2v) is 5.88. The minimum absolute atomic E-state index is 0.200. The molecule has 2 saturated heterocycles. The van der Waals surface area contributed by atoms with Gasteiger partial charge in [-0.25, -0.2) is 0 Å². The fourth-order valence-corrected chi connectivity index (χ4v) is 2.73. The molecule has 1 atom stereocenters. The van der Waals surface area contributed by atoms with Gasteiger partial charge in [0.15, 0.2) is 0 Å². The van der Waals surface area contributed by atoms with Crippen LogP contribution in [0.4, 0.5) is 0 Å². The molecular weight excluding hydrogens is 242 g/mol. The van der Waals surface area contributed by atoms with Crippen molar-refractivity contribution in [1.82, 2.24) is 15.1 Å². The van der Waals surface area contributed by atoms with E-state index in [2.05, 4.69) is 10.2 Å². The number of rotatable bonds is 5. The molecule has 0 spiro atoms. The Labute approximate surface area is 116 Å². The van der Waals surface area contributed by atoms with Gasteiger partial charge >= 0.3 is 0 Å². The molecule has 110 valence electrons. The van der Waals surface area contributed by atoms with Crippen LogP contribution in [0.1, 0.15) is 25.7 Å². The van der Waals surface area contributed by atoms with Gasteiger partial charge in [-0.15, -0.1) is 0 Å². The number of carbonyl (C=O) groups excluding carboxylic acids is 1. The van der Waals surface area contributed by atoms with Gasteiger partial charge < -0.3 is 15.0 Å². The third-order valence-electron chi connectivity index (χ3n) is 4.10. The van der Waals surface area contributed by atoms with E-state index < -0.39 is 0 Å². The summed E-state index contributed by atoms with van der Waals surface area (Å²) in [5, 5.41) is 3.61. The van der Waals surface area contributed by atoms with Crippen molar-refractivity contribution in [2.75, 3.05) is 46.9 Å². The summed E-state index contributed by atoms with van der Waals surface area (Å²) in [6, 6.07) is 0.593. The number of hydrogen-bond acceptors (Lipinski definition) is 4. The van der Waals surface area contributed by atoms with E-state index in [0.29, 0.717) is 18.7 Å². The van der Waals surface area contributed by atoms with Crippen molar-refractivity contribution in [3.63, 3.8) is 0 Å². The van der Waals surface area contributed by atoms with Crippen molar-refractivity contribution in [3.8, 4) is 0 Å². The molecule has 0 bridgehead atoms. The molecule has 1 amide bonds. The first-order chi connectivity index (χ1) is 9.15. The van der Waals surface area contributed by atoms with E-state index in [1.165, 1.54) is 12.8 Å². The van der Waals surface area contributed by atoms with Crippen LogP contribution >= 0.6 is 0 Å². The molecule has 1 N–H and O–H groups in total. The normalized spacial score (nSPS) is 25.7. The highest BCUT2D eigenvalue weighted by atomic mass is 16.5. The summed E-state index contributed by atoms with van der Waals surface area (Å²) in [4.78, 5) is 15.6. The molecule has 2 heterocycles. The van der Waals surface area contributed by atoms with Crippen molar-refractivity contribution in [2.45, 2.75) is 37.8 Å². The Bertz CT molecular complexity index is 282. The standard InChI is InChI=1S/C14H27N3O2/c1-16(2)14(18)11-17-7-5-12(6-8-17)15-10-13-4-3-9-19-13/h12-13,15H,3-11H2,1-2H3. The van der Waals surface area contributed by atoms with E-state index in [-0.39, 0.29) is 5.91 Å². The highest BCUT2D eigenvalue weighted by molar-refractivity contribution is 5.77. The Morgan fingerprint density at radius 1 is 1.32 bits per heavy atom. The summed E-state index contributed by atoms with van der Waals surface area (Å²) in [5.41, 5.74) is 0. The number of likely N-dealkylation sites (N-methyl/N-ethyl adjacent to an activating group) is 1. The highest BCUT2D eigenvalue weighted by Crippen LogP contribution is 2.14. The molecule has 0 aromatic rings. The number of hydrogen-bond donors (Lipinski definition) is 1. The van der Waals surface area contributed by atoms with E-state index in [9.17, 15) is 4.79 Å². The number of likely N-dealkylation sites (tertiary alicyclic amines) is 1. The van der Waals surface area contributed by atoms with Crippen molar-refractivity contribution >= 4 is 5.91 Å². The van der Waals surface area contributed by atoms with Crippen LogP contribution in [-0.4, -0.2) is 74.7 Å². The lowest BCUT2D eigenvalue weighted by atomic mass is 10.0. The van der Waals surface area contributed by atoms with Crippen LogP contribution < -0.4 is 5.32 Å². The first kappa shape index (κ1) is 14.8. The largest absolute Gasteiger partial charge is 0.377 e. The summed E-state index contributed by atoms with van der Waals surface area (Å²) in [6.07, 6.45) is 5.09. The van der Waals surface area contributed by atoms with Gasteiger partial charge in [-0.1, -0.05) is 0 Å². The minimum Gasteiger partial charge on any atom is -0.377 e. The maximum absolute atomic E-state index is 11.6. The maximum Gasteiger partial charge on any atom is 0.236 e. The van der Waals surface area contributed by atoms with E-state index in [0.717, 1.165) is 39.1 Å². The van der Waals surface area contributed by atoms with Crippen molar-refractivity contribution in [3.05, 3.63) is 0 Å². The third-order valence-corrected chi connectivity index (χ3v) is 4.10. The first-order valence-corrected chi connectivity index (χ1v) is 7.42. The highest BCUT2D eigenvalue weighted by Gasteiger charge is 2.22. The van der Waals surface area contributed by atoms with Crippen LogP contribution in [0.5, 0.6) is 0 Å². The molecule has 0 aromatic carbocycles. The molecule has 0 radical (unpaired) electrons. The smallest absolute Gasteiger partial charge is 0.236 e. The maximum atomic E-state index is 11.6. The number of ether oxygens (including phenoxy) is 1. The number of carbonyl (C=O) groups is 1. The molecule has 2 rings (SSSR count). The Kier molecular flexibility index (Phi) is 5.60. The van der Waals surface area contributed by atoms with Gasteiger partial charge in [-0.3, -0.25) is 9.69 Å². The molecule has 0 aromatic heterocycles. The zero-order chi connectivity index (χ0) is 13.7. The second kappa shape index (κ2) is 7.22. The van der Waals surface area contributed by atoms with Gasteiger partial charge in [-0.2, -0.15) is 0 Å². The van der Waals surface area contributed by atoms with Crippen LogP contribution in [0, 0.1) is 0 Å². The monoisotopic (exact) mass is 269 g/mol. The molecule has 2 aliphatic heterocycles. The molecule has 0 saturated carbocycles. The molecule has 5 nitrogen and oxygen atoms in total. The molecule has 5 heteroatoms. The van der Waals surface area contributed by atoms with Crippen LogP contribution in [0.15, 0.2) is 0 Å². The van der Waals surface area contributed by atoms with Gasteiger partial charge in [0.05, 0.1) is 12.6 Å². The van der Waals surface area contributed by atoms with Gasteiger partial charge in [0.2, 0.25) is 5.91 Å². The van der Waals surface area contributed by atoms with Gasteiger partial charge in [-0.05, 0) is 25.7 Å².